The molecule has 2 rings (SSSR count). The summed E-state index contributed by atoms with van der Waals surface area (Å²) in [6.07, 6.45) is 0.947. The van der Waals surface area contributed by atoms with Gasteiger partial charge in [-0.15, -0.1) is 0 Å². The molecule has 1 heterocycles. The third kappa shape index (κ3) is 3.45. The highest BCUT2D eigenvalue weighted by Crippen LogP contribution is 2.35. The zero-order valence-electron chi connectivity index (χ0n) is 13.1. The Labute approximate surface area is 122 Å². The number of hydrogen-bond acceptors (Lipinski definition) is 3. The summed E-state index contributed by atoms with van der Waals surface area (Å²) in [4.78, 5) is 0. The minimum atomic E-state index is 0.358. The van der Waals surface area contributed by atoms with Crippen LogP contribution in [-0.2, 0) is 0 Å². The van der Waals surface area contributed by atoms with Crippen LogP contribution in [0.15, 0.2) is 18.2 Å². The van der Waals surface area contributed by atoms with E-state index in [1.807, 2.05) is 6.07 Å². The van der Waals surface area contributed by atoms with Crippen molar-refractivity contribution in [3.63, 3.8) is 0 Å². The molecule has 112 valence electrons. The molecular formula is C17H27NO2. The van der Waals surface area contributed by atoms with Gasteiger partial charge in [0.05, 0.1) is 13.2 Å². The van der Waals surface area contributed by atoms with Crippen LogP contribution in [0.5, 0.6) is 11.5 Å². The lowest BCUT2D eigenvalue weighted by molar-refractivity contribution is 0.295. The molecule has 0 spiro atoms. The van der Waals surface area contributed by atoms with Crippen LogP contribution in [0.3, 0.4) is 0 Å². The molecule has 0 saturated heterocycles. The minimum absolute atomic E-state index is 0.358. The fraction of sp³-hybridized carbons (Fsp3) is 0.647. The molecular weight excluding hydrogens is 250 g/mol. The number of rotatable bonds is 5. The highest BCUT2D eigenvalue weighted by Gasteiger charge is 2.23. The van der Waals surface area contributed by atoms with Gasteiger partial charge in [0.2, 0.25) is 0 Å². The molecule has 2 atom stereocenters. The van der Waals surface area contributed by atoms with Crippen LogP contribution in [0.1, 0.15) is 45.7 Å². The van der Waals surface area contributed by atoms with Crippen molar-refractivity contribution in [2.75, 3.05) is 19.8 Å². The molecule has 1 aliphatic rings. The zero-order valence-corrected chi connectivity index (χ0v) is 13.1. The van der Waals surface area contributed by atoms with Crippen LogP contribution in [0, 0.1) is 11.8 Å². The zero-order chi connectivity index (χ0) is 14.5. The monoisotopic (exact) mass is 277 g/mol. The lowest BCUT2D eigenvalue weighted by Gasteiger charge is -2.28. The highest BCUT2D eigenvalue weighted by molar-refractivity contribution is 5.44. The fourth-order valence-electron chi connectivity index (χ4n) is 2.59. The summed E-state index contributed by atoms with van der Waals surface area (Å²) in [5, 5.41) is 3.61. The summed E-state index contributed by atoms with van der Waals surface area (Å²) in [7, 11) is 0. The van der Waals surface area contributed by atoms with E-state index in [1.165, 1.54) is 5.56 Å². The van der Waals surface area contributed by atoms with Gasteiger partial charge in [0, 0.05) is 12.5 Å². The first-order valence-electron chi connectivity index (χ1n) is 7.76. The van der Waals surface area contributed by atoms with E-state index in [9.17, 15) is 0 Å². The first-order valence-corrected chi connectivity index (χ1v) is 7.76. The van der Waals surface area contributed by atoms with E-state index in [2.05, 4.69) is 45.1 Å². The smallest absolute Gasteiger partial charge is 0.161 e. The van der Waals surface area contributed by atoms with Crippen molar-refractivity contribution in [1.29, 1.82) is 0 Å². The summed E-state index contributed by atoms with van der Waals surface area (Å²) in [5.41, 5.74) is 1.29. The predicted molar refractivity (Wildman–Crippen MR) is 82.5 cm³/mol. The van der Waals surface area contributed by atoms with E-state index in [-0.39, 0.29) is 0 Å². The molecule has 0 bridgehead atoms. The van der Waals surface area contributed by atoms with Crippen molar-refractivity contribution >= 4 is 0 Å². The molecule has 2 unspecified atom stereocenters. The average Bonchev–Trinajstić information content (AvgIpc) is 2.68. The average molecular weight is 277 g/mol. The van der Waals surface area contributed by atoms with Crippen molar-refractivity contribution in [2.24, 2.45) is 11.8 Å². The van der Waals surface area contributed by atoms with E-state index in [1.54, 1.807) is 0 Å². The molecule has 0 radical (unpaired) electrons. The summed E-state index contributed by atoms with van der Waals surface area (Å²) in [5.74, 6) is 2.97. The molecule has 20 heavy (non-hydrogen) atoms. The Morgan fingerprint density at radius 1 is 1.10 bits per heavy atom. The van der Waals surface area contributed by atoms with Crippen molar-refractivity contribution in [2.45, 2.75) is 40.2 Å². The molecule has 0 amide bonds. The molecule has 1 aliphatic heterocycles. The SMILES string of the molecule is CCNC(c1ccc2c(c1)OCCCO2)C(C)C(C)C. The maximum absolute atomic E-state index is 5.80. The largest absolute Gasteiger partial charge is 0.490 e. The predicted octanol–water partition coefficient (Wildman–Crippen LogP) is 3.79. The van der Waals surface area contributed by atoms with Crippen molar-refractivity contribution in [3.8, 4) is 11.5 Å². The summed E-state index contributed by atoms with van der Waals surface area (Å²) in [6, 6.07) is 6.72. The van der Waals surface area contributed by atoms with E-state index in [4.69, 9.17) is 9.47 Å². The van der Waals surface area contributed by atoms with Crippen LogP contribution >= 0.6 is 0 Å². The third-order valence-electron chi connectivity index (χ3n) is 4.13. The summed E-state index contributed by atoms with van der Waals surface area (Å²) < 4.78 is 11.5. The van der Waals surface area contributed by atoms with E-state index < -0.39 is 0 Å². The van der Waals surface area contributed by atoms with E-state index in [0.29, 0.717) is 17.9 Å². The van der Waals surface area contributed by atoms with Gasteiger partial charge in [-0.2, -0.15) is 0 Å². The highest BCUT2D eigenvalue weighted by atomic mass is 16.5. The first kappa shape index (κ1) is 15.2. The van der Waals surface area contributed by atoms with Crippen LogP contribution in [0.25, 0.3) is 0 Å². The Morgan fingerprint density at radius 2 is 1.80 bits per heavy atom. The third-order valence-corrected chi connectivity index (χ3v) is 4.13. The van der Waals surface area contributed by atoms with Crippen LogP contribution in [-0.4, -0.2) is 19.8 Å². The standard InChI is InChI=1S/C17H27NO2/c1-5-18-17(13(4)12(2)3)14-7-8-15-16(11-14)20-10-6-9-19-15/h7-8,11-13,17-18H,5-6,9-10H2,1-4H3. The topological polar surface area (TPSA) is 30.5 Å². The van der Waals surface area contributed by atoms with Crippen molar-refractivity contribution < 1.29 is 9.47 Å². The number of ether oxygens (including phenoxy) is 2. The maximum Gasteiger partial charge on any atom is 0.161 e. The normalized spacial score (nSPS) is 17.6. The van der Waals surface area contributed by atoms with Gasteiger partial charge in [0.15, 0.2) is 11.5 Å². The molecule has 0 aliphatic carbocycles. The number of nitrogens with one attached hydrogen (secondary N) is 1. The number of hydrogen-bond donors (Lipinski definition) is 1. The van der Waals surface area contributed by atoms with Gasteiger partial charge in [-0.05, 0) is 36.1 Å². The molecule has 0 saturated carbocycles. The Bertz CT molecular complexity index is 431. The molecule has 1 N–H and O–H groups in total. The Kier molecular flexibility index (Phi) is 5.30. The minimum Gasteiger partial charge on any atom is -0.490 e. The molecule has 1 aromatic carbocycles. The van der Waals surface area contributed by atoms with Gasteiger partial charge >= 0.3 is 0 Å². The van der Waals surface area contributed by atoms with E-state index in [0.717, 1.165) is 37.7 Å². The van der Waals surface area contributed by atoms with Crippen LogP contribution < -0.4 is 14.8 Å². The molecule has 1 aromatic rings. The quantitative estimate of drug-likeness (QED) is 0.888. The van der Waals surface area contributed by atoms with E-state index >= 15 is 0 Å². The summed E-state index contributed by atoms with van der Waals surface area (Å²) in [6.45, 7) is 11.5. The van der Waals surface area contributed by atoms with Crippen molar-refractivity contribution in [3.05, 3.63) is 23.8 Å². The molecule has 0 fully saturated rings. The first-order chi connectivity index (χ1) is 9.63. The van der Waals surface area contributed by atoms with Gasteiger partial charge in [0.1, 0.15) is 0 Å². The Morgan fingerprint density at radius 3 is 2.45 bits per heavy atom. The van der Waals surface area contributed by atoms with Gasteiger partial charge in [-0.1, -0.05) is 33.8 Å². The molecule has 3 nitrogen and oxygen atoms in total. The Balaban J connectivity index is 2.27. The number of benzene rings is 1. The fourth-order valence-corrected chi connectivity index (χ4v) is 2.59. The van der Waals surface area contributed by atoms with Crippen LogP contribution in [0.4, 0.5) is 0 Å². The second kappa shape index (κ2) is 6.98. The molecule has 3 heteroatoms. The second-order valence-electron chi connectivity index (χ2n) is 5.90. The Hall–Kier alpha value is -1.22. The second-order valence-corrected chi connectivity index (χ2v) is 5.90. The summed E-state index contributed by atoms with van der Waals surface area (Å²) >= 11 is 0. The van der Waals surface area contributed by atoms with Gasteiger partial charge in [0.25, 0.3) is 0 Å². The van der Waals surface area contributed by atoms with Gasteiger partial charge in [-0.25, -0.2) is 0 Å². The maximum atomic E-state index is 5.80. The number of fused-ring (bicyclic) bond motifs is 1. The van der Waals surface area contributed by atoms with Gasteiger partial charge < -0.3 is 14.8 Å². The molecule has 0 aromatic heterocycles. The lowest BCUT2D eigenvalue weighted by Crippen LogP contribution is -2.29. The van der Waals surface area contributed by atoms with Crippen LogP contribution in [0.2, 0.25) is 0 Å². The van der Waals surface area contributed by atoms with Gasteiger partial charge in [-0.3, -0.25) is 0 Å². The lowest BCUT2D eigenvalue weighted by atomic mass is 9.86. The van der Waals surface area contributed by atoms with Crippen molar-refractivity contribution in [1.82, 2.24) is 5.32 Å².